The summed E-state index contributed by atoms with van der Waals surface area (Å²) in [5.41, 5.74) is 2.15. The second-order valence-corrected chi connectivity index (χ2v) is 5.59. The summed E-state index contributed by atoms with van der Waals surface area (Å²) in [7, 11) is 2.11. The Morgan fingerprint density at radius 3 is 2.95 bits per heavy atom. The Kier molecular flexibility index (Phi) is 3.54. The first-order chi connectivity index (χ1) is 9.60. The van der Waals surface area contributed by atoms with Gasteiger partial charge in [0.1, 0.15) is 11.6 Å². The van der Waals surface area contributed by atoms with Crippen molar-refractivity contribution in [2.24, 2.45) is 0 Å². The largest absolute Gasteiger partial charge is 0.508 e. The van der Waals surface area contributed by atoms with E-state index in [0.29, 0.717) is 11.6 Å². The highest BCUT2D eigenvalue weighted by molar-refractivity contribution is 6.30. The summed E-state index contributed by atoms with van der Waals surface area (Å²) < 4.78 is 2.04. The Labute approximate surface area is 122 Å². The molecule has 0 spiro atoms. The van der Waals surface area contributed by atoms with Gasteiger partial charge in [-0.3, -0.25) is 9.58 Å². The molecule has 1 aromatic heterocycles. The summed E-state index contributed by atoms with van der Waals surface area (Å²) in [4.78, 5) is 2.27. The van der Waals surface area contributed by atoms with Crippen molar-refractivity contribution >= 4 is 17.4 Å². The van der Waals surface area contributed by atoms with Crippen LogP contribution in [-0.4, -0.2) is 33.4 Å². The number of phenols is 1. The number of hydrogen-bond donors (Lipinski definition) is 2. The summed E-state index contributed by atoms with van der Waals surface area (Å²) >= 11 is 5.92. The third-order valence-electron chi connectivity index (χ3n) is 3.40. The molecule has 0 bridgehead atoms. The van der Waals surface area contributed by atoms with Gasteiger partial charge in [0.25, 0.3) is 0 Å². The van der Waals surface area contributed by atoms with Gasteiger partial charge in [0.2, 0.25) is 0 Å². The highest BCUT2D eigenvalue weighted by atomic mass is 35.5. The number of hydrogen-bond acceptors (Lipinski definition) is 4. The summed E-state index contributed by atoms with van der Waals surface area (Å²) in [6, 6.07) is 7.12. The van der Waals surface area contributed by atoms with Gasteiger partial charge >= 0.3 is 0 Å². The molecule has 0 saturated carbocycles. The highest BCUT2D eigenvalue weighted by Crippen LogP contribution is 2.21. The minimum atomic E-state index is 0.181. The van der Waals surface area contributed by atoms with E-state index in [4.69, 9.17) is 11.6 Å². The van der Waals surface area contributed by atoms with Gasteiger partial charge in [-0.15, -0.1) is 0 Å². The Morgan fingerprint density at radius 1 is 1.30 bits per heavy atom. The summed E-state index contributed by atoms with van der Waals surface area (Å²) in [6.45, 7) is 3.45. The van der Waals surface area contributed by atoms with Crippen LogP contribution in [0.3, 0.4) is 0 Å². The second kappa shape index (κ2) is 5.34. The predicted molar refractivity (Wildman–Crippen MR) is 79.0 cm³/mol. The monoisotopic (exact) mass is 292 g/mol. The number of phenolic OH excluding ortho intramolecular Hbond substituents is 1. The number of rotatable bonds is 3. The number of anilines is 1. The van der Waals surface area contributed by atoms with Gasteiger partial charge in [-0.25, -0.2) is 0 Å². The van der Waals surface area contributed by atoms with E-state index in [9.17, 15) is 5.11 Å². The first-order valence-electron chi connectivity index (χ1n) is 6.58. The lowest BCUT2D eigenvalue weighted by Crippen LogP contribution is -2.30. The molecule has 106 valence electrons. The van der Waals surface area contributed by atoms with Crippen molar-refractivity contribution < 1.29 is 5.11 Å². The predicted octanol–water partition coefficient (Wildman–Crippen LogP) is 2.30. The van der Waals surface area contributed by atoms with Crippen LogP contribution < -0.4 is 5.32 Å². The smallest absolute Gasteiger partial charge is 0.148 e. The minimum Gasteiger partial charge on any atom is -0.508 e. The third kappa shape index (κ3) is 2.89. The Hall–Kier alpha value is -1.72. The number of fused-ring (bicyclic) bond motifs is 1. The van der Waals surface area contributed by atoms with E-state index in [0.717, 1.165) is 31.0 Å². The first-order valence-corrected chi connectivity index (χ1v) is 6.95. The second-order valence-electron chi connectivity index (χ2n) is 5.15. The van der Waals surface area contributed by atoms with Crippen LogP contribution in [0, 0.1) is 0 Å². The van der Waals surface area contributed by atoms with Crippen LogP contribution in [-0.2, 0) is 19.6 Å². The van der Waals surface area contributed by atoms with E-state index in [1.165, 1.54) is 11.8 Å². The van der Waals surface area contributed by atoms with Crippen LogP contribution >= 0.6 is 11.6 Å². The number of likely N-dealkylation sites (N-methyl/N-ethyl adjacent to an activating group) is 1. The van der Waals surface area contributed by atoms with E-state index < -0.39 is 0 Å². The molecule has 2 N–H and O–H groups in total. The lowest BCUT2D eigenvalue weighted by molar-refractivity contribution is 0.259. The standard InChI is InChI=1S/C14H17ClN4O/c1-18-2-3-19-12(9-18)7-14(17-19)16-8-10-4-11(15)6-13(20)5-10/h4-7,20H,2-3,8-9H2,1H3,(H,16,17). The van der Waals surface area contributed by atoms with Crippen molar-refractivity contribution in [2.45, 2.75) is 19.6 Å². The molecular formula is C14H17ClN4O. The zero-order chi connectivity index (χ0) is 14.1. The lowest BCUT2D eigenvalue weighted by Gasteiger charge is -2.22. The van der Waals surface area contributed by atoms with Crippen molar-refractivity contribution in [3.8, 4) is 5.75 Å². The fraction of sp³-hybridized carbons (Fsp3) is 0.357. The molecule has 0 aliphatic carbocycles. The molecule has 2 aromatic rings. The van der Waals surface area contributed by atoms with Crippen molar-refractivity contribution in [3.63, 3.8) is 0 Å². The van der Waals surface area contributed by atoms with Crippen molar-refractivity contribution in [2.75, 3.05) is 18.9 Å². The molecule has 0 saturated heterocycles. The number of aromatic nitrogens is 2. The molecule has 6 heteroatoms. The Morgan fingerprint density at radius 2 is 2.15 bits per heavy atom. The normalized spacial score (nSPS) is 15.1. The fourth-order valence-corrected chi connectivity index (χ4v) is 2.66. The summed E-state index contributed by atoms with van der Waals surface area (Å²) in [5.74, 6) is 1.04. The number of nitrogens with one attached hydrogen (secondary N) is 1. The molecule has 20 heavy (non-hydrogen) atoms. The van der Waals surface area contributed by atoms with Crippen LogP contribution in [0.25, 0.3) is 0 Å². The molecular weight excluding hydrogens is 276 g/mol. The maximum Gasteiger partial charge on any atom is 0.148 e. The van der Waals surface area contributed by atoms with Gasteiger partial charge in [0.05, 0.1) is 12.2 Å². The minimum absolute atomic E-state index is 0.181. The summed E-state index contributed by atoms with van der Waals surface area (Å²) in [5, 5.41) is 17.8. The molecule has 5 nitrogen and oxygen atoms in total. The molecule has 0 amide bonds. The van der Waals surface area contributed by atoms with E-state index in [-0.39, 0.29) is 5.75 Å². The topological polar surface area (TPSA) is 53.3 Å². The Bertz CT molecular complexity index is 605. The number of halogens is 1. The number of benzene rings is 1. The lowest BCUT2D eigenvalue weighted by atomic mass is 10.2. The van der Waals surface area contributed by atoms with Gasteiger partial charge < -0.3 is 10.4 Å². The molecule has 0 radical (unpaired) electrons. The zero-order valence-corrected chi connectivity index (χ0v) is 12.1. The van der Waals surface area contributed by atoms with Crippen LogP contribution in [0.15, 0.2) is 24.3 Å². The van der Waals surface area contributed by atoms with E-state index in [1.54, 1.807) is 6.07 Å². The number of aromatic hydroxyl groups is 1. The van der Waals surface area contributed by atoms with E-state index in [1.807, 2.05) is 10.7 Å². The van der Waals surface area contributed by atoms with E-state index >= 15 is 0 Å². The highest BCUT2D eigenvalue weighted by Gasteiger charge is 2.15. The molecule has 1 aliphatic heterocycles. The van der Waals surface area contributed by atoms with Gasteiger partial charge in [-0.05, 0) is 30.8 Å². The fourth-order valence-electron chi connectivity index (χ4n) is 2.41. The first kappa shape index (κ1) is 13.3. The maximum atomic E-state index is 9.52. The van der Waals surface area contributed by atoms with Crippen LogP contribution in [0.1, 0.15) is 11.3 Å². The molecule has 0 atom stereocenters. The van der Waals surface area contributed by atoms with Gasteiger partial charge in [0.15, 0.2) is 0 Å². The molecule has 0 unspecified atom stereocenters. The molecule has 2 heterocycles. The van der Waals surface area contributed by atoms with Crippen LogP contribution in [0.4, 0.5) is 5.82 Å². The third-order valence-corrected chi connectivity index (χ3v) is 3.62. The molecule has 1 aliphatic rings. The van der Waals surface area contributed by atoms with Gasteiger partial charge in [-0.1, -0.05) is 11.6 Å². The van der Waals surface area contributed by atoms with Crippen LogP contribution in [0.2, 0.25) is 5.02 Å². The average molecular weight is 293 g/mol. The summed E-state index contributed by atoms with van der Waals surface area (Å²) in [6.07, 6.45) is 0. The zero-order valence-electron chi connectivity index (χ0n) is 11.3. The molecule has 3 rings (SSSR count). The maximum absolute atomic E-state index is 9.52. The quantitative estimate of drug-likeness (QED) is 0.911. The van der Waals surface area contributed by atoms with Crippen LogP contribution in [0.5, 0.6) is 5.75 Å². The van der Waals surface area contributed by atoms with Crippen molar-refractivity contribution in [3.05, 3.63) is 40.5 Å². The van der Waals surface area contributed by atoms with Gasteiger partial charge in [-0.2, -0.15) is 5.10 Å². The van der Waals surface area contributed by atoms with Gasteiger partial charge in [0, 0.05) is 30.7 Å². The molecule has 0 fully saturated rings. The van der Waals surface area contributed by atoms with E-state index in [2.05, 4.69) is 28.4 Å². The molecule has 1 aromatic carbocycles. The van der Waals surface area contributed by atoms with Crippen molar-refractivity contribution in [1.29, 1.82) is 0 Å². The average Bonchev–Trinajstić information content (AvgIpc) is 2.77. The Balaban J connectivity index is 1.69. The number of nitrogens with zero attached hydrogens (tertiary/aromatic N) is 3. The SMILES string of the molecule is CN1CCn2nc(NCc3cc(O)cc(Cl)c3)cc2C1. The van der Waals surface area contributed by atoms with Crippen molar-refractivity contribution in [1.82, 2.24) is 14.7 Å².